The van der Waals surface area contributed by atoms with Crippen molar-refractivity contribution in [3.8, 4) is 0 Å². The van der Waals surface area contributed by atoms with Crippen LogP contribution in [0.1, 0.15) is 71.3 Å². The third kappa shape index (κ3) is 3.45. The fourth-order valence-electron chi connectivity index (χ4n) is 5.26. The summed E-state index contributed by atoms with van der Waals surface area (Å²) in [6.07, 6.45) is 8.15. The van der Waals surface area contributed by atoms with E-state index in [0.29, 0.717) is 17.8 Å². The summed E-state index contributed by atoms with van der Waals surface area (Å²) < 4.78 is 0. The van der Waals surface area contributed by atoms with E-state index in [1.165, 1.54) is 31.2 Å². The molecule has 2 atom stereocenters. The molecule has 5 heteroatoms. The minimum absolute atomic E-state index is 0.207. The first-order valence-electron chi connectivity index (χ1n) is 11.0. The molecule has 0 bridgehead atoms. The number of benzene rings is 1. The monoisotopic (exact) mass is 381 g/mol. The third-order valence-electron chi connectivity index (χ3n) is 7.26. The fraction of sp³-hybridized carbons (Fsp3) is 0.652. The van der Waals surface area contributed by atoms with Crippen LogP contribution in [0.25, 0.3) is 0 Å². The molecule has 4 rings (SSSR count). The minimum atomic E-state index is -0.288. The average molecular weight is 382 g/mol. The van der Waals surface area contributed by atoms with E-state index >= 15 is 0 Å². The molecule has 1 saturated carbocycles. The number of nitrogens with one attached hydrogen (secondary N) is 2. The van der Waals surface area contributed by atoms with Gasteiger partial charge in [0, 0.05) is 11.2 Å². The maximum Gasteiger partial charge on any atom is 0.226 e. The van der Waals surface area contributed by atoms with E-state index in [-0.39, 0.29) is 11.2 Å². The molecule has 0 radical (unpaired) electrons. The van der Waals surface area contributed by atoms with Crippen LogP contribution < -0.4 is 10.6 Å². The highest BCUT2D eigenvalue weighted by Gasteiger charge is 2.51. The van der Waals surface area contributed by atoms with Gasteiger partial charge in [0.15, 0.2) is 0 Å². The molecular weight excluding hydrogens is 346 g/mol. The standard InChI is InChI=1S/C23H35N5/c1-5-23(13-10-17(23)2)28-16-25-21(27-22(28,3)4)26-20-8-6-18(7-9-20)19-11-14-24-15-12-19/h6-9,16-17,19,24H,5,10-15H2,1-4H3,(H,26,27)/t17-,23?/m1/s1. The quantitative estimate of drug-likeness (QED) is 0.803. The Balaban J connectivity index is 1.45. The number of guanidine groups is 1. The second kappa shape index (κ2) is 7.51. The minimum Gasteiger partial charge on any atom is -0.332 e. The molecule has 2 fully saturated rings. The second-order valence-electron chi connectivity index (χ2n) is 9.21. The van der Waals surface area contributed by atoms with Crippen LogP contribution in [0.3, 0.4) is 0 Å². The van der Waals surface area contributed by atoms with E-state index in [0.717, 1.165) is 25.2 Å². The summed E-state index contributed by atoms with van der Waals surface area (Å²) in [5.41, 5.74) is 2.42. The van der Waals surface area contributed by atoms with Gasteiger partial charge in [-0.15, -0.1) is 0 Å². The zero-order chi connectivity index (χ0) is 19.8. The number of rotatable bonds is 4. The van der Waals surface area contributed by atoms with Crippen LogP contribution in [0.2, 0.25) is 0 Å². The van der Waals surface area contributed by atoms with Gasteiger partial charge >= 0.3 is 0 Å². The lowest BCUT2D eigenvalue weighted by molar-refractivity contribution is -0.0388. The van der Waals surface area contributed by atoms with Crippen LogP contribution in [0.15, 0.2) is 34.3 Å². The van der Waals surface area contributed by atoms with Gasteiger partial charge in [-0.25, -0.2) is 9.98 Å². The predicted octanol–water partition coefficient (Wildman–Crippen LogP) is 4.58. The summed E-state index contributed by atoms with van der Waals surface area (Å²) >= 11 is 0. The van der Waals surface area contributed by atoms with Crippen molar-refractivity contribution in [3.05, 3.63) is 29.8 Å². The molecule has 2 aliphatic heterocycles. The molecule has 0 spiro atoms. The van der Waals surface area contributed by atoms with Crippen LogP contribution in [-0.4, -0.2) is 41.5 Å². The van der Waals surface area contributed by atoms with Crippen LogP contribution >= 0.6 is 0 Å². The van der Waals surface area contributed by atoms with Gasteiger partial charge < -0.3 is 15.5 Å². The molecule has 1 aliphatic carbocycles. The van der Waals surface area contributed by atoms with Crippen LogP contribution in [0, 0.1) is 5.92 Å². The highest BCUT2D eigenvalue weighted by molar-refractivity contribution is 5.99. The van der Waals surface area contributed by atoms with Crippen molar-refractivity contribution in [2.24, 2.45) is 15.9 Å². The van der Waals surface area contributed by atoms with Gasteiger partial charge in [0.25, 0.3) is 0 Å². The lowest BCUT2D eigenvalue weighted by Crippen LogP contribution is -2.65. The summed E-state index contributed by atoms with van der Waals surface area (Å²) in [5.74, 6) is 2.08. The van der Waals surface area contributed by atoms with E-state index in [9.17, 15) is 0 Å². The lowest BCUT2D eigenvalue weighted by Gasteiger charge is -2.59. The molecule has 2 N–H and O–H groups in total. The van der Waals surface area contributed by atoms with Crippen molar-refractivity contribution in [1.29, 1.82) is 0 Å². The van der Waals surface area contributed by atoms with Crippen LogP contribution in [-0.2, 0) is 0 Å². The van der Waals surface area contributed by atoms with Gasteiger partial charge in [0.1, 0.15) is 5.66 Å². The molecule has 3 aliphatic rings. The van der Waals surface area contributed by atoms with E-state index < -0.39 is 0 Å². The molecule has 1 aromatic carbocycles. The van der Waals surface area contributed by atoms with Gasteiger partial charge in [0.2, 0.25) is 5.96 Å². The summed E-state index contributed by atoms with van der Waals surface area (Å²) in [6, 6.07) is 8.84. The number of hydrogen-bond acceptors (Lipinski definition) is 5. The Hall–Kier alpha value is -1.88. The first-order chi connectivity index (χ1) is 13.4. The smallest absolute Gasteiger partial charge is 0.226 e. The van der Waals surface area contributed by atoms with Crippen molar-refractivity contribution in [1.82, 2.24) is 10.2 Å². The average Bonchev–Trinajstić information content (AvgIpc) is 2.70. The molecule has 1 aromatic rings. The highest BCUT2D eigenvalue weighted by Crippen LogP contribution is 2.48. The second-order valence-corrected chi connectivity index (χ2v) is 9.21. The fourth-order valence-corrected chi connectivity index (χ4v) is 5.26. The zero-order valence-electron chi connectivity index (χ0n) is 17.8. The van der Waals surface area contributed by atoms with E-state index in [1.54, 1.807) is 0 Å². The predicted molar refractivity (Wildman–Crippen MR) is 118 cm³/mol. The van der Waals surface area contributed by atoms with Crippen LogP contribution in [0.4, 0.5) is 5.69 Å². The molecular formula is C23H35N5. The molecule has 0 aromatic heterocycles. The summed E-state index contributed by atoms with van der Waals surface area (Å²) in [5, 5.41) is 6.86. The molecule has 5 nitrogen and oxygen atoms in total. The molecule has 0 amide bonds. The Morgan fingerprint density at radius 2 is 1.86 bits per heavy atom. The lowest BCUT2D eigenvalue weighted by atomic mass is 9.64. The maximum absolute atomic E-state index is 4.96. The normalized spacial score (nSPS) is 29.9. The van der Waals surface area contributed by atoms with E-state index in [4.69, 9.17) is 4.99 Å². The van der Waals surface area contributed by atoms with Gasteiger partial charge in [-0.2, -0.15) is 0 Å². The number of aliphatic imine (C=N–C) groups is 2. The summed E-state index contributed by atoms with van der Waals surface area (Å²) in [4.78, 5) is 12.0. The Morgan fingerprint density at radius 1 is 1.14 bits per heavy atom. The first kappa shape index (κ1) is 19.4. The van der Waals surface area contributed by atoms with Crippen molar-refractivity contribution in [2.45, 2.75) is 76.9 Å². The van der Waals surface area contributed by atoms with Gasteiger partial charge in [0.05, 0.1) is 6.34 Å². The Morgan fingerprint density at radius 3 is 2.39 bits per heavy atom. The Kier molecular flexibility index (Phi) is 5.21. The molecule has 1 saturated heterocycles. The number of hydrogen-bond donors (Lipinski definition) is 2. The van der Waals surface area contributed by atoms with Gasteiger partial charge in [-0.1, -0.05) is 26.0 Å². The summed E-state index contributed by atoms with van der Waals surface area (Å²) in [7, 11) is 0. The number of anilines is 1. The molecule has 1 unspecified atom stereocenters. The summed E-state index contributed by atoms with van der Waals surface area (Å²) in [6.45, 7) is 11.3. The van der Waals surface area contributed by atoms with Crippen molar-refractivity contribution in [3.63, 3.8) is 0 Å². The molecule has 28 heavy (non-hydrogen) atoms. The van der Waals surface area contributed by atoms with Crippen molar-refractivity contribution >= 4 is 18.0 Å². The van der Waals surface area contributed by atoms with Crippen molar-refractivity contribution in [2.75, 3.05) is 18.4 Å². The van der Waals surface area contributed by atoms with Gasteiger partial charge in [-0.3, -0.25) is 0 Å². The maximum atomic E-state index is 4.96. The molecule has 2 heterocycles. The SMILES string of the molecule is CCC1(N2C=NC(Nc3ccc(C4CCNCC4)cc3)=NC2(C)C)CC[C@H]1C. The topological polar surface area (TPSA) is 52.0 Å². The van der Waals surface area contributed by atoms with Gasteiger partial charge in [-0.05, 0) is 88.6 Å². The van der Waals surface area contributed by atoms with Crippen LogP contribution in [0.5, 0.6) is 0 Å². The molecule has 152 valence electrons. The largest absolute Gasteiger partial charge is 0.332 e. The number of nitrogens with zero attached hydrogens (tertiary/aromatic N) is 3. The zero-order valence-corrected chi connectivity index (χ0v) is 17.8. The Labute approximate surface area is 169 Å². The first-order valence-corrected chi connectivity index (χ1v) is 11.0. The third-order valence-corrected chi connectivity index (χ3v) is 7.26. The highest BCUT2D eigenvalue weighted by atomic mass is 15.4. The Bertz CT molecular complexity index is 741. The number of piperidine rings is 1. The van der Waals surface area contributed by atoms with E-state index in [2.05, 4.69) is 72.5 Å². The van der Waals surface area contributed by atoms with E-state index in [1.807, 2.05) is 6.34 Å². The van der Waals surface area contributed by atoms with Crippen molar-refractivity contribution < 1.29 is 0 Å².